The van der Waals surface area contributed by atoms with E-state index in [2.05, 4.69) is 5.32 Å². The van der Waals surface area contributed by atoms with Gasteiger partial charge in [0, 0.05) is 54.6 Å². The standard InChI is InChI=1S/C24H19ClN4O4/c1-27-11-3-6-21(27)24(31)26-18-5-2-4-16(12-18)7-10-23(30)28-15-17(14-25)20-9-8-19(29(32)33)13-22(20)28/h2-13,15H,14H2,1H3,(H,26,31). The van der Waals surface area contributed by atoms with Gasteiger partial charge >= 0.3 is 0 Å². The average molecular weight is 463 g/mol. The van der Waals surface area contributed by atoms with Gasteiger partial charge in [0.15, 0.2) is 0 Å². The monoisotopic (exact) mass is 462 g/mol. The first-order chi connectivity index (χ1) is 15.9. The minimum Gasteiger partial charge on any atom is -0.347 e. The molecule has 0 aliphatic rings. The molecule has 4 aromatic rings. The van der Waals surface area contributed by atoms with Gasteiger partial charge < -0.3 is 9.88 Å². The first-order valence-corrected chi connectivity index (χ1v) is 10.5. The molecule has 8 nitrogen and oxygen atoms in total. The van der Waals surface area contributed by atoms with Crippen molar-refractivity contribution in [3.63, 3.8) is 0 Å². The van der Waals surface area contributed by atoms with Crippen molar-refractivity contribution >= 4 is 51.8 Å². The van der Waals surface area contributed by atoms with Crippen LogP contribution >= 0.6 is 11.6 Å². The van der Waals surface area contributed by atoms with Crippen LogP contribution < -0.4 is 5.32 Å². The second kappa shape index (κ2) is 9.13. The molecule has 0 saturated heterocycles. The number of non-ortho nitro benzene ring substituents is 1. The van der Waals surface area contributed by atoms with E-state index in [4.69, 9.17) is 11.6 Å². The van der Waals surface area contributed by atoms with Crippen molar-refractivity contribution in [2.75, 3.05) is 5.32 Å². The molecule has 9 heteroatoms. The largest absolute Gasteiger partial charge is 0.347 e. The highest BCUT2D eigenvalue weighted by atomic mass is 35.5. The van der Waals surface area contributed by atoms with Crippen LogP contribution in [0.25, 0.3) is 17.0 Å². The van der Waals surface area contributed by atoms with Gasteiger partial charge in [0.1, 0.15) is 5.69 Å². The first-order valence-electron chi connectivity index (χ1n) is 9.97. The van der Waals surface area contributed by atoms with Crippen LogP contribution in [0.2, 0.25) is 0 Å². The van der Waals surface area contributed by atoms with Crippen LogP contribution in [0.3, 0.4) is 0 Å². The van der Waals surface area contributed by atoms with Gasteiger partial charge in [-0.15, -0.1) is 11.6 Å². The number of nitro groups is 1. The van der Waals surface area contributed by atoms with Crippen molar-refractivity contribution in [3.05, 3.63) is 100 Å². The molecule has 2 aromatic carbocycles. The van der Waals surface area contributed by atoms with Crippen LogP contribution in [0.4, 0.5) is 11.4 Å². The van der Waals surface area contributed by atoms with Gasteiger partial charge in [0.25, 0.3) is 17.5 Å². The van der Waals surface area contributed by atoms with Gasteiger partial charge in [0.2, 0.25) is 0 Å². The number of rotatable bonds is 6. The Labute approximate surface area is 193 Å². The van der Waals surface area contributed by atoms with Crippen LogP contribution in [0, 0.1) is 10.1 Å². The summed E-state index contributed by atoms with van der Waals surface area (Å²) in [6, 6.07) is 14.9. The predicted molar refractivity (Wildman–Crippen MR) is 128 cm³/mol. The van der Waals surface area contributed by atoms with Gasteiger partial charge in [0.05, 0.1) is 10.4 Å². The SMILES string of the molecule is Cn1cccc1C(=O)Nc1cccc(C=CC(=O)n2cc(CCl)c3ccc([N+](=O)[O-])cc32)c1. The summed E-state index contributed by atoms with van der Waals surface area (Å²) in [6.07, 6.45) is 6.36. The first kappa shape index (κ1) is 22.0. The smallest absolute Gasteiger partial charge is 0.272 e. The van der Waals surface area contributed by atoms with Crippen molar-refractivity contribution in [2.45, 2.75) is 5.88 Å². The highest BCUT2D eigenvalue weighted by Gasteiger charge is 2.16. The molecule has 0 saturated carbocycles. The summed E-state index contributed by atoms with van der Waals surface area (Å²) >= 11 is 5.99. The Bertz CT molecular complexity index is 1420. The number of amides is 1. The van der Waals surface area contributed by atoms with E-state index in [0.717, 1.165) is 0 Å². The molecule has 1 N–H and O–H groups in total. The van der Waals surface area contributed by atoms with E-state index in [0.29, 0.717) is 33.4 Å². The molecule has 0 atom stereocenters. The van der Waals surface area contributed by atoms with Gasteiger partial charge in [-0.3, -0.25) is 24.3 Å². The predicted octanol–water partition coefficient (Wildman–Crippen LogP) is 5.23. The molecule has 0 fully saturated rings. The Morgan fingerprint density at radius 2 is 1.97 bits per heavy atom. The summed E-state index contributed by atoms with van der Waals surface area (Å²) in [5.41, 5.74) is 2.82. The van der Waals surface area contributed by atoms with E-state index < -0.39 is 4.92 Å². The van der Waals surface area contributed by atoms with Crippen LogP contribution in [0.15, 0.2) is 73.1 Å². The quantitative estimate of drug-likeness (QED) is 0.183. The molecule has 0 aliphatic carbocycles. The van der Waals surface area contributed by atoms with Crippen molar-refractivity contribution < 1.29 is 14.5 Å². The van der Waals surface area contributed by atoms with Crippen molar-refractivity contribution in [1.29, 1.82) is 0 Å². The maximum absolute atomic E-state index is 12.9. The van der Waals surface area contributed by atoms with E-state index in [1.807, 2.05) is 0 Å². The normalized spacial score (nSPS) is 11.2. The molecule has 33 heavy (non-hydrogen) atoms. The molecule has 0 unspecified atom stereocenters. The third-order valence-electron chi connectivity index (χ3n) is 5.20. The van der Waals surface area contributed by atoms with Crippen LogP contribution in [0.1, 0.15) is 26.4 Å². The zero-order valence-corrected chi connectivity index (χ0v) is 18.3. The fourth-order valence-corrected chi connectivity index (χ4v) is 3.76. The van der Waals surface area contributed by atoms with Crippen molar-refractivity contribution in [2.24, 2.45) is 7.05 Å². The van der Waals surface area contributed by atoms with Crippen LogP contribution in [-0.2, 0) is 12.9 Å². The number of halogens is 1. The Hall–Kier alpha value is -4.17. The lowest BCUT2D eigenvalue weighted by Crippen LogP contribution is -2.15. The molecule has 2 aromatic heterocycles. The number of anilines is 1. The van der Waals surface area contributed by atoms with Gasteiger partial charge in [-0.1, -0.05) is 12.1 Å². The number of benzene rings is 2. The van der Waals surface area contributed by atoms with Gasteiger partial charge in [-0.05, 0) is 47.5 Å². The molecular weight excluding hydrogens is 444 g/mol. The Morgan fingerprint density at radius 3 is 2.67 bits per heavy atom. The third-order valence-corrected chi connectivity index (χ3v) is 5.49. The molecule has 0 radical (unpaired) electrons. The summed E-state index contributed by atoms with van der Waals surface area (Å²) in [4.78, 5) is 36.0. The molecule has 1 amide bonds. The van der Waals surface area contributed by atoms with E-state index >= 15 is 0 Å². The Morgan fingerprint density at radius 1 is 1.15 bits per heavy atom. The highest BCUT2D eigenvalue weighted by Crippen LogP contribution is 2.27. The van der Waals surface area contributed by atoms with Gasteiger partial charge in [-0.2, -0.15) is 0 Å². The molecular formula is C24H19ClN4O4. The summed E-state index contributed by atoms with van der Waals surface area (Å²) in [6.45, 7) is 0. The number of carbonyl (C=O) groups excluding carboxylic acids is 2. The van der Waals surface area contributed by atoms with Crippen LogP contribution in [0.5, 0.6) is 0 Å². The number of fused-ring (bicyclic) bond motifs is 1. The average Bonchev–Trinajstić information content (AvgIpc) is 3.40. The number of alkyl halides is 1. The van der Waals surface area contributed by atoms with Crippen LogP contribution in [-0.4, -0.2) is 25.9 Å². The van der Waals surface area contributed by atoms with Crippen molar-refractivity contribution in [1.82, 2.24) is 9.13 Å². The van der Waals surface area contributed by atoms with E-state index in [-0.39, 0.29) is 23.4 Å². The Balaban J connectivity index is 1.58. The van der Waals surface area contributed by atoms with E-state index in [1.54, 1.807) is 72.5 Å². The molecule has 0 aliphatic heterocycles. The lowest BCUT2D eigenvalue weighted by atomic mass is 10.1. The number of allylic oxidation sites excluding steroid dienone is 1. The Kier molecular flexibility index (Phi) is 6.10. The molecule has 4 rings (SSSR count). The molecule has 2 heterocycles. The second-order valence-electron chi connectivity index (χ2n) is 7.37. The summed E-state index contributed by atoms with van der Waals surface area (Å²) in [5.74, 6) is -0.454. The number of carbonyl (C=O) groups is 2. The second-order valence-corrected chi connectivity index (χ2v) is 7.64. The molecule has 0 bridgehead atoms. The lowest BCUT2D eigenvalue weighted by molar-refractivity contribution is -0.384. The van der Waals surface area contributed by atoms with E-state index in [1.165, 1.54) is 22.8 Å². The summed E-state index contributed by atoms with van der Waals surface area (Å²) in [7, 11) is 1.79. The lowest BCUT2D eigenvalue weighted by Gasteiger charge is -2.07. The summed E-state index contributed by atoms with van der Waals surface area (Å²) in [5, 5.41) is 14.7. The molecule has 166 valence electrons. The zero-order chi connectivity index (χ0) is 23.5. The zero-order valence-electron chi connectivity index (χ0n) is 17.6. The molecule has 0 spiro atoms. The number of hydrogen-bond donors (Lipinski definition) is 1. The number of nitrogens with zero attached hydrogens (tertiary/aromatic N) is 3. The number of aryl methyl sites for hydroxylation is 1. The van der Waals surface area contributed by atoms with E-state index in [9.17, 15) is 19.7 Å². The number of nitrogens with one attached hydrogen (secondary N) is 1. The highest BCUT2D eigenvalue weighted by molar-refractivity contribution is 6.18. The minimum atomic E-state index is -0.507. The number of aromatic nitrogens is 2. The number of nitro benzene ring substituents is 1. The third kappa shape index (κ3) is 4.56. The van der Waals surface area contributed by atoms with Gasteiger partial charge in [-0.25, -0.2) is 0 Å². The topological polar surface area (TPSA) is 99.2 Å². The van der Waals surface area contributed by atoms with Crippen molar-refractivity contribution in [3.8, 4) is 0 Å². The fraction of sp³-hybridized carbons (Fsp3) is 0.0833. The maximum atomic E-state index is 12.9. The summed E-state index contributed by atoms with van der Waals surface area (Å²) < 4.78 is 3.07. The fourth-order valence-electron chi connectivity index (χ4n) is 3.55. The minimum absolute atomic E-state index is 0.110. The number of hydrogen-bond acceptors (Lipinski definition) is 4. The maximum Gasteiger partial charge on any atom is 0.272 e.